The third-order valence-corrected chi connectivity index (χ3v) is 3.91. The average molecular weight is 315 g/mol. The van der Waals surface area contributed by atoms with E-state index in [-0.39, 0.29) is 5.82 Å². The van der Waals surface area contributed by atoms with Crippen LogP contribution >= 0.6 is 15.9 Å². The van der Waals surface area contributed by atoms with Gasteiger partial charge >= 0.3 is 0 Å². The quantitative estimate of drug-likeness (QED) is 0.919. The van der Waals surface area contributed by atoms with Crippen molar-refractivity contribution < 1.29 is 4.39 Å². The second-order valence-corrected chi connectivity index (χ2v) is 6.15. The van der Waals surface area contributed by atoms with Gasteiger partial charge in [0.25, 0.3) is 0 Å². The number of hydrogen-bond acceptors (Lipinski definition) is 2. The molecule has 18 heavy (non-hydrogen) atoms. The molecular formula is C14H20BrFN2. The zero-order chi connectivity index (χ0) is 13.1. The summed E-state index contributed by atoms with van der Waals surface area (Å²) in [5.41, 5.74) is 0.702. The van der Waals surface area contributed by atoms with Gasteiger partial charge in [-0.15, -0.1) is 0 Å². The van der Waals surface area contributed by atoms with E-state index in [1.807, 2.05) is 6.07 Å². The number of anilines is 1. The molecule has 0 saturated carbocycles. The SMILES string of the molecule is CC(C)CC1CN(c2c(F)cccc2Br)CCN1. The molecule has 0 aromatic heterocycles. The summed E-state index contributed by atoms with van der Waals surface area (Å²) in [6, 6.07) is 5.61. The van der Waals surface area contributed by atoms with Gasteiger partial charge in [-0.25, -0.2) is 4.39 Å². The van der Waals surface area contributed by atoms with Gasteiger partial charge in [-0.05, 0) is 40.4 Å². The van der Waals surface area contributed by atoms with Crippen molar-refractivity contribution >= 4 is 21.6 Å². The molecule has 0 radical (unpaired) electrons. The molecule has 2 nitrogen and oxygen atoms in total. The zero-order valence-corrected chi connectivity index (χ0v) is 12.5. The van der Waals surface area contributed by atoms with Gasteiger partial charge in [0, 0.05) is 30.1 Å². The number of rotatable bonds is 3. The Morgan fingerprint density at radius 2 is 2.28 bits per heavy atom. The summed E-state index contributed by atoms with van der Waals surface area (Å²) < 4.78 is 14.8. The summed E-state index contributed by atoms with van der Waals surface area (Å²) in [4.78, 5) is 2.14. The van der Waals surface area contributed by atoms with Gasteiger partial charge in [-0.2, -0.15) is 0 Å². The largest absolute Gasteiger partial charge is 0.365 e. The van der Waals surface area contributed by atoms with Crippen molar-refractivity contribution in [1.82, 2.24) is 5.32 Å². The van der Waals surface area contributed by atoms with Crippen LogP contribution in [0.3, 0.4) is 0 Å². The number of para-hydroxylation sites is 1. The molecule has 4 heteroatoms. The van der Waals surface area contributed by atoms with Gasteiger partial charge < -0.3 is 10.2 Å². The summed E-state index contributed by atoms with van der Waals surface area (Å²) in [7, 11) is 0. The van der Waals surface area contributed by atoms with E-state index in [1.165, 1.54) is 6.07 Å². The second-order valence-electron chi connectivity index (χ2n) is 5.30. The van der Waals surface area contributed by atoms with Gasteiger partial charge in [0.2, 0.25) is 0 Å². The summed E-state index contributed by atoms with van der Waals surface area (Å²) >= 11 is 3.45. The molecule has 0 bridgehead atoms. The molecule has 1 fully saturated rings. The van der Waals surface area contributed by atoms with Crippen molar-refractivity contribution in [3.05, 3.63) is 28.5 Å². The van der Waals surface area contributed by atoms with Gasteiger partial charge in [-0.3, -0.25) is 0 Å². The van der Waals surface area contributed by atoms with Crippen molar-refractivity contribution in [1.29, 1.82) is 0 Å². The number of benzene rings is 1. The van der Waals surface area contributed by atoms with Crippen LogP contribution in [0.15, 0.2) is 22.7 Å². The number of piperazine rings is 1. The van der Waals surface area contributed by atoms with Crippen LogP contribution in [0.1, 0.15) is 20.3 Å². The minimum Gasteiger partial charge on any atom is -0.365 e. The fraction of sp³-hybridized carbons (Fsp3) is 0.571. The first-order valence-electron chi connectivity index (χ1n) is 6.50. The number of hydrogen-bond donors (Lipinski definition) is 1. The van der Waals surface area contributed by atoms with Crippen LogP contribution in [0.25, 0.3) is 0 Å². The predicted octanol–water partition coefficient (Wildman–Crippen LogP) is 3.41. The van der Waals surface area contributed by atoms with Crippen LogP contribution in [0.5, 0.6) is 0 Å². The third kappa shape index (κ3) is 3.23. The maximum Gasteiger partial charge on any atom is 0.147 e. The Kier molecular flexibility index (Phi) is 4.62. The summed E-state index contributed by atoms with van der Waals surface area (Å²) in [6.45, 7) is 7.09. The van der Waals surface area contributed by atoms with Crippen LogP contribution in [0.2, 0.25) is 0 Å². The zero-order valence-electron chi connectivity index (χ0n) is 10.9. The maximum atomic E-state index is 13.9. The smallest absolute Gasteiger partial charge is 0.147 e. The first kappa shape index (κ1) is 13.8. The van der Waals surface area contributed by atoms with Crippen LogP contribution in [0.4, 0.5) is 10.1 Å². The molecule has 0 amide bonds. The molecule has 1 heterocycles. The minimum absolute atomic E-state index is 0.144. The second kappa shape index (κ2) is 6.02. The van der Waals surface area contributed by atoms with Gasteiger partial charge in [-0.1, -0.05) is 19.9 Å². The molecule has 1 aromatic rings. The average Bonchev–Trinajstić information content (AvgIpc) is 2.28. The van der Waals surface area contributed by atoms with E-state index in [0.29, 0.717) is 17.6 Å². The molecule has 2 rings (SSSR count). The van der Waals surface area contributed by atoms with E-state index in [9.17, 15) is 4.39 Å². The lowest BCUT2D eigenvalue weighted by atomic mass is 10.0. The van der Waals surface area contributed by atoms with E-state index in [0.717, 1.165) is 30.5 Å². The first-order valence-corrected chi connectivity index (χ1v) is 7.29. The highest BCUT2D eigenvalue weighted by Gasteiger charge is 2.23. The molecule has 1 unspecified atom stereocenters. The molecule has 1 saturated heterocycles. The Labute approximate surface area is 117 Å². The fourth-order valence-electron chi connectivity index (χ4n) is 2.55. The summed E-state index contributed by atoms with van der Waals surface area (Å²) in [6.07, 6.45) is 1.13. The lowest BCUT2D eigenvalue weighted by molar-refractivity contribution is 0.386. The van der Waals surface area contributed by atoms with Gasteiger partial charge in [0.15, 0.2) is 0 Å². The number of halogens is 2. The van der Waals surface area contributed by atoms with Crippen molar-refractivity contribution in [2.45, 2.75) is 26.3 Å². The molecule has 1 atom stereocenters. The monoisotopic (exact) mass is 314 g/mol. The Balaban J connectivity index is 2.13. The van der Waals surface area contributed by atoms with Gasteiger partial charge in [0.05, 0.1) is 5.69 Å². The predicted molar refractivity (Wildman–Crippen MR) is 77.6 cm³/mol. The van der Waals surface area contributed by atoms with Crippen LogP contribution < -0.4 is 10.2 Å². The molecule has 0 aliphatic carbocycles. The van der Waals surface area contributed by atoms with Crippen molar-refractivity contribution in [2.24, 2.45) is 5.92 Å². The van der Waals surface area contributed by atoms with Crippen molar-refractivity contribution in [3.8, 4) is 0 Å². The molecular weight excluding hydrogens is 295 g/mol. The number of nitrogens with zero attached hydrogens (tertiary/aromatic N) is 1. The maximum absolute atomic E-state index is 13.9. The Morgan fingerprint density at radius 3 is 2.94 bits per heavy atom. The van der Waals surface area contributed by atoms with Crippen molar-refractivity contribution in [2.75, 3.05) is 24.5 Å². The Morgan fingerprint density at radius 1 is 1.50 bits per heavy atom. The normalized spacial score (nSPS) is 20.5. The van der Waals surface area contributed by atoms with Crippen molar-refractivity contribution in [3.63, 3.8) is 0 Å². The Bertz CT molecular complexity index is 389. The van der Waals surface area contributed by atoms with E-state index < -0.39 is 0 Å². The topological polar surface area (TPSA) is 15.3 Å². The highest BCUT2D eigenvalue weighted by atomic mass is 79.9. The highest BCUT2D eigenvalue weighted by Crippen LogP contribution is 2.30. The lowest BCUT2D eigenvalue weighted by Gasteiger charge is -2.36. The van der Waals surface area contributed by atoms with Crippen LogP contribution in [0, 0.1) is 11.7 Å². The first-order chi connectivity index (χ1) is 8.58. The minimum atomic E-state index is -0.144. The number of nitrogens with one attached hydrogen (secondary N) is 1. The fourth-order valence-corrected chi connectivity index (χ4v) is 3.14. The highest BCUT2D eigenvalue weighted by molar-refractivity contribution is 9.10. The molecule has 1 aromatic carbocycles. The summed E-state index contributed by atoms with van der Waals surface area (Å²) in [5, 5.41) is 3.51. The molecule has 1 aliphatic heterocycles. The van der Waals surface area contributed by atoms with Crippen LogP contribution in [-0.4, -0.2) is 25.7 Å². The standard InChI is InChI=1S/C14H20BrFN2/c1-10(2)8-11-9-18(7-6-17-11)14-12(15)4-3-5-13(14)16/h3-5,10-11,17H,6-9H2,1-2H3. The van der Waals surface area contributed by atoms with Crippen LogP contribution in [-0.2, 0) is 0 Å². The molecule has 1 N–H and O–H groups in total. The van der Waals surface area contributed by atoms with E-state index in [2.05, 4.69) is 40.0 Å². The molecule has 100 valence electrons. The van der Waals surface area contributed by atoms with E-state index >= 15 is 0 Å². The lowest BCUT2D eigenvalue weighted by Crippen LogP contribution is -2.51. The van der Waals surface area contributed by atoms with E-state index in [1.54, 1.807) is 6.07 Å². The third-order valence-electron chi connectivity index (χ3n) is 3.27. The Hall–Kier alpha value is -0.610. The van der Waals surface area contributed by atoms with Gasteiger partial charge in [0.1, 0.15) is 5.82 Å². The summed E-state index contributed by atoms with van der Waals surface area (Å²) in [5.74, 6) is 0.515. The van der Waals surface area contributed by atoms with E-state index in [4.69, 9.17) is 0 Å². The molecule has 1 aliphatic rings. The molecule has 0 spiro atoms.